The molecule has 0 atom stereocenters. The van der Waals surface area contributed by atoms with Crippen molar-refractivity contribution in [2.24, 2.45) is 0 Å². The molecular weight excluding hydrogens is 334 g/mol. The Morgan fingerprint density at radius 3 is 2.17 bits per heavy atom. The number of ether oxygens (including phenoxy) is 2. The zero-order chi connectivity index (χ0) is 17.9. The first-order valence-electron chi connectivity index (χ1n) is 6.12. The van der Waals surface area contributed by atoms with Gasteiger partial charge in [0, 0.05) is 6.92 Å². The highest BCUT2D eigenvalue weighted by molar-refractivity contribution is 5.90. The summed E-state index contributed by atoms with van der Waals surface area (Å²) in [6, 6.07) is 5.14. The topological polar surface area (TPSA) is 55.8 Å². The van der Waals surface area contributed by atoms with Gasteiger partial charge in [-0.2, -0.15) is 26.3 Å². The van der Waals surface area contributed by atoms with Crippen molar-refractivity contribution in [2.45, 2.75) is 24.9 Å². The third-order valence-electron chi connectivity index (χ3n) is 2.66. The molecule has 130 valence electrons. The zero-order valence-corrected chi connectivity index (χ0v) is 11.7. The second-order valence-corrected chi connectivity index (χ2v) is 4.48. The predicted octanol–water partition coefficient (Wildman–Crippen LogP) is 3.66. The maximum Gasteiger partial charge on any atom is 0.425 e. The van der Waals surface area contributed by atoms with Crippen molar-refractivity contribution in [1.29, 1.82) is 0 Å². The molecule has 0 radical (unpaired) electrons. The third kappa shape index (κ3) is 4.27. The Labute approximate surface area is 126 Å². The van der Waals surface area contributed by atoms with Gasteiger partial charge in [0.05, 0.1) is 6.61 Å². The van der Waals surface area contributed by atoms with Gasteiger partial charge in [0.2, 0.25) is 0 Å². The van der Waals surface area contributed by atoms with Gasteiger partial charge in [0.15, 0.2) is 0 Å². The van der Waals surface area contributed by atoms with Gasteiger partial charge in [-0.3, -0.25) is 0 Å². The molecule has 0 spiro atoms. The molecule has 0 aliphatic carbocycles. The van der Waals surface area contributed by atoms with Gasteiger partial charge < -0.3 is 14.6 Å². The fourth-order valence-corrected chi connectivity index (χ4v) is 1.44. The molecule has 1 aromatic rings. The van der Waals surface area contributed by atoms with Gasteiger partial charge >= 0.3 is 23.9 Å². The van der Waals surface area contributed by atoms with Crippen LogP contribution in [-0.4, -0.2) is 42.2 Å². The van der Waals surface area contributed by atoms with E-state index in [0.29, 0.717) is 0 Å². The van der Waals surface area contributed by atoms with Crippen LogP contribution in [0, 0.1) is 0 Å². The lowest BCUT2D eigenvalue weighted by molar-refractivity contribution is -0.395. The van der Waals surface area contributed by atoms with Crippen LogP contribution in [0.2, 0.25) is 0 Å². The molecule has 1 rings (SSSR count). The van der Waals surface area contributed by atoms with Gasteiger partial charge in [-0.15, -0.1) is 0 Å². The van der Waals surface area contributed by atoms with Crippen LogP contribution in [0.1, 0.15) is 17.3 Å². The van der Waals surface area contributed by atoms with Crippen LogP contribution in [-0.2, 0) is 4.74 Å². The van der Waals surface area contributed by atoms with E-state index in [9.17, 15) is 31.1 Å². The standard InChI is InChI=1S/C13H12F6O4/c1-11(14,15)12(16,17)13(18,19)23-7-6-22-9-5-3-2-4-8(9)10(20)21/h2-5H,6-7H2,1H3,(H,20,21). The Morgan fingerprint density at radius 2 is 1.65 bits per heavy atom. The minimum Gasteiger partial charge on any atom is -0.490 e. The Bertz CT molecular complexity index is 556. The number of carboxylic acid groups (broad SMARTS) is 1. The minimum absolute atomic E-state index is 0.209. The van der Waals surface area contributed by atoms with E-state index in [4.69, 9.17) is 9.84 Å². The van der Waals surface area contributed by atoms with E-state index < -0.39 is 37.1 Å². The van der Waals surface area contributed by atoms with Crippen LogP contribution in [0.5, 0.6) is 5.75 Å². The SMILES string of the molecule is CC(F)(F)C(F)(F)C(F)(F)OCCOc1ccccc1C(=O)O. The van der Waals surface area contributed by atoms with E-state index in [1.54, 1.807) is 0 Å². The fourth-order valence-electron chi connectivity index (χ4n) is 1.44. The molecule has 1 aromatic carbocycles. The Balaban J connectivity index is 2.63. The van der Waals surface area contributed by atoms with Crippen molar-refractivity contribution in [1.82, 2.24) is 0 Å². The van der Waals surface area contributed by atoms with Crippen molar-refractivity contribution < 1.29 is 45.7 Å². The molecule has 0 saturated carbocycles. The number of alkyl halides is 6. The van der Waals surface area contributed by atoms with Crippen LogP contribution in [0.4, 0.5) is 26.3 Å². The number of carbonyl (C=O) groups is 1. The predicted molar refractivity (Wildman–Crippen MR) is 65.4 cm³/mol. The molecule has 0 aromatic heterocycles. The molecule has 0 aliphatic rings. The van der Waals surface area contributed by atoms with Crippen molar-refractivity contribution in [3.8, 4) is 5.75 Å². The van der Waals surface area contributed by atoms with Crippen LogP contribution >= 0.6 is 0 Å². The first-order valence-corrected chi connectivity index (χ1v) is 6.12. The Kier molecular flexibility index (Phi) is 5.51. The van der Waals surface area contributed by atoms with E-state index in [-0.39, 0.29) is 18.2 Å². The molecule has 10 heteroatoms. The summed E-state index contributed by atoms with van der Waals surface area (Å²) in [6.07, 6.45) is -5.42. The lowest BCUT2D eigenvalue weighted by Gasteiger charge is -2.30. The van der Waals surface area contributed by atoms with Gasteiger partial charge in [0.1, 0.15) is 17.9 Å². The monoisotopic (exact) mass is 346 g/mol. The van der Waals surface area contributed by atoms with Crippen molar-refractivity contribution >= 4 is 5.97 Å². The average Bonchev–Trinajstić information content (AvgIpc) is 2.42. The zero-order valence-electron chi connectivity index (χ0n) is 11.7. The molecule has 0 bridgehead atoms. The number of halogens is 6. The van der Waals surface area contributed by atoms with Gasteiger partial charge in [-0.05, 0) is 12.1 Å². The fraction of sp³-hybridized carbons (Fsp3) is 0.462. The summed E-state index contributed by atoms with van der Waals surface area (Å²) in [5.41, 5.74) is -0.287. The second-order valence-electron chi connectivity index (χ2n) is 4.48. The highest BCUT2D eigenvalue weighted by Crippen LogP contribution is 2.45. The largest absolute Gasteiger partial charge is 0.490 e. The smallest absolute Gasteiger partial charge is 0.425 e. The van der Waals surface area contributed by atoms with Gasteiger partial charge in [-0.25, -0.2) is 4.79 Å². The van der Waals surface area contributed by atoms with Crippen LogP contribution < -0.4 is 4.74 Å². The van der Waals surface area contributed by atoms with E-state index in [1.807, 2.05) is 0 Å². The van der Waals surface area contributed by atoms with E-state index in [0.717, 1.165) is 0 Å². The molecule has 23 heavy (non-hydrogen) atoms. The van der Waals surface area contributed by atoms with Crippen LogP contribution in [0.3, 0.4) is 0 Å². The van der Waals surface area contributed by atoms with Crippen LogP contribution in [0.25, 0.3) is 0 Å². The van der Waals surface area contributed by atoms with Crippen molar-refractivity contribution in [2.75, 3.05) is 13.2 Å². The van der Waals surface area contributed by atoms with Gasteiger partial charge in [0.25, 0.3) is 0 Å². The molecule has 0 heterocycles. The average molecular weight is 346 g/mol. The summed E-state index contributed by atoms with van der Waals surface area (Å²) in [6.45, 7) is -2.26. The Morgan fingerprint density at radius 1 is 1.09 bits per heavy atom. The number of aromatic carboxylic acids is 1. The number of hydrogen-bond acceptors (Lipinski definition) is 3. The van der Waals surface area contributed by atoms with Crippen LogP contribution in [0.15, 0.2) is 24.3 Å². The number of carboxylic acids is 1. The van der Waals surface area contributed by atoms with E-state index in [2.05, 4.69) is 4.74 Å². The normalized spacial score (nSPS) is 13.0. The third-order valence-corrected chi connectivity index (χ3v) is 2.66. The van der Waals surface area contributed by atoms with Crippen molar-refractivity contribution in [3.05, 3.63) is 29.8 Å². The number of para-hydroxylation sites is 1. The lowest BCUT2D eigenvalue weighted by atomic mass is 10.2. The summed E-state index contributed by atoms with van der Waals surface area (Å²) in [5, 5.41) is 8.83. The maximum absolute atomic E-state index is 13.0. The molecule has 0 unspecified atom stereocenters. The molecule has 0 saturated heterocycles. The van der Waals surface area contributed by atoms with Crippen molar-refractivity contribution in [3.63, 3.8) is 0 Å². The molecule has 0 amide bonds. The molecular formula is C13H12F6O4. The lowest BCUT2D eigenvalue weighted by Crippen LogP contribution is -2.54. The van der Waals surface area contributed by atoms with Gasteiger partial charge in [-0.1, -0.05) is 12.1 Å². The summed E-state index contributed by atoms with van der Waals surface area (Å²) in [4.78, 5) is 10.8. The molecule has 4 nitrogen and oxygen atoms in total. The summed E-state index contributed by atoms with van der Waals surface area (Å²) >= 11 is 0. The maximum atomic E-state index is 13.0. The highest BCUT2D eigenvalue weighted by Gasteiger charge is 2.70. The first-order chi connectivity index (χ1) is 10.4. The van der Waals surface area contributed by atoms with E-state index in [1.165, 1.54) is 24.3 Å². The number of rotatable bonds is 8. The molecule has 0 fully saturated rings. The summed E-state index contributed by atoms with van der Waals surface area (Å²) in [5.74, 6) is -12.3. The second kappa shape index (κ2) is 6.65. The number of benzene rings is 1. The summed E-state index contributed by atoms with van der Waals surface area (Å²) < 4.78 is 85.2. The Hall–Kier alpha value is -1.97. The molecule has 0 aliphatic heterocycles. The molecule has 1 N–H and O–H groups in total. The quantitative estimate of drug-likeness (QED) is 0.577. The first kappa shape index (κ1) is 19.1. The number of hydrogen-bond donors (Lipinski definition) is 1. The highest BCUT2D eigenvalue weighted by atomic mass is 19.3. The summed E-state index contributed by atoms with van der Waals surface area (Å²) in [7, 11) is 0. The minimum atomic E-state index is -5.71. The van der Waals surface area contributed by atoms with E-state index >= 15 is 0 Å².